The maximum Gasteiger partial charge on any atom is 0.245 e. The van der Waals surface area contributed by atoms with Crippen molar-refractivity contribution in [2.24, 2.45) is 0 Å². The van der Waals surface area contributed by atoms with Crippen LogP contribution in [0.2, 0.25) is 0 Å². The first-order valence-corrected chi connectivity index (χ1v) is 7.77. The maximum atomic E-state index is 12.6. The highest BCUT2D eigenvalue weighted by Crippen LogP contribution is 2.36. The topological polar surface area (TPSA) is 49.4 Å². The molecule has 1 aliphatic heterocycles. The van der Waals surface area contributed by atoms with Crippen LogP contribution in [0.5, 0.6) is 0 Å². The average Bonchev–Trinajstić information content (AvgIpc) is 2.54. The molecule has 0 aromatic heterocycles. The molecule has 1 aliphatic carbocycles. The van der Waals surface area contributed by atoms with Gasteiger partial charge in [-0.3, -0.25) is 9.59 Å². The lowest BCUT2D eigenvalue weighted by molar-refractivity contribution is -0.135. The quantitative estimate of drug-likeness (QED) is 0.922. The van der Waals surface area contributed by atoms with Gasteiger partial charge < -0.3 is 10.2 Å². The molecule has 3 unspecified atom stereocenters. The van der Waals surface area contributed by atoms with Crippen molar-refractivity contribution in [1.82, 2.24) is 10.2 Å². The van der Waals surface area contributed by atoms with Crippen molar-refractivity contribution in [1.29, 1.82) is 0 Å². The number of carbonyl (C=O) groups excluding carboxylic acids is 2. The summed E-state index contributed by atoms with van der Waals surface area (Å²) in [5.74, 6) is 0.470. The van der Waals surface area contributed by atoms with E-state index in [2.05, 4.69) is 29.6 Å². The number of amides is 2. The Kier molecular flexibility index (Phi) is 3.70. The lowest BCUT2D eigenvalue weighted by Crippen LogP contribution is -2.48. The van der Waals surface area contributed by atoms with Crippen LogP contribution in [0.4, 0.5) is 0 Å². The predicted molar refractivity (Wildman–Crippen MR) is 80.9 cm³/mol. The number of rotatable bonds is 3. The molecular weight excluding hydrogens is 264 g/mol. The van der Waals surface area contributed by atoms with Gasteiger partial charge in [-0.2, -0.15) is 0 Å². The highest BCUT2D eigenvalue weighted by molar-refractivity contribution is 5.90. The van der Waals surface area contributed by atoms with Crippen molar-refractivity contribution >= 4 is 11.8 Å². The molecule has 0 bridgehead atoms. The number of carbonyl (C=O) groups is 2. The van der Waals surface area contributed by atoms with Crippen LogP contribution < -0.4 is 5.32 Å². The van der Waals surface area contributed by atoms with E-state index in [0.29, 0.717) is 18.8 Å². The Labute approximate surface area is 125 Å². The van der Waals surface area contributed by atoms with Gasteiger partial charge in [0.2, 0.25) is 11.8 Å². The predicted octanol–water partition coefficient (Wildman–Crippen LogP) is 1.84. The van der Waals surface area contributed by atoms with Crippen molar-refractivity contribution in [3.05, 3.63) is 35.4 Å². The van der Waals surface area contributed by atoms with Gasteiger partial charge in [-0.25, -0.2) is 0 Å². The molecule has 2 aliphatic rings. The SMILES string of the molecule is CCC1NC(=O)CC(C)N(CC2Cc3ccccc32)C1=O. The van der Waals surface area contributed by atoms with Gasteiger partial charge in [0.25, 0.3) is 0 Å². The molecule has 1 aromatic rings. The Morgan fingerprint density at radius 1 is 1.24 bits per heavy atom. The zero-order valence-electron chi connectivity index (χ0n) is 12.6. The molecule has 4 nitrogen and oxygen atoms in total. The number of benzene rings is 1. The molecule has 2 amide bonds. The van der Waals surface area contributed by atoms with E-state index < -0.39 is 0 Å². The second-order valence-corrected chi connectivity index (χ2v) is 6.17. The Morgan fingerprint density at radius 3 is 2.71 bits per heavy atom. The fourth-order valence-electron chi connectivity index (χ4n) is 3.42. The van der Waals surface area contributed by atoms with E-state index in [1.165, 1.54) is 11.1 Å². The second kappa shape index (κ2) is 5.51. The van der Waals surface area contributed by atoms with Crippen molar-refractivity contribution in [2.45, 2.75) is 51.1 Å². The molecule has 1 N–H and O–H groups in total. The lowest BCUT2D eigenvalue weighted by atomic mass is 9.77. The van der Waals surface area contributed by atoms with Crippen molar-refractivity contribution in [3.63, 3.8) is 0 Å². The Bertz CT molecular complexity index is 570. The monoisotopic (exact) mass is 286 g/mol. The third-order valence-electron chi connectivity index (χ3n) is 4.72. The highest BCUT2D eigenvalue weighted by Gasteiger charge is 2.36. The van der Waals surface area contributed by atoms with Crippen molar-refractivity contribution < 1.29 is 9.59 Å². The summed E-state index contributed by atoms with van der Waals surface area (Å²) in [5, 5.41) is 2.84. The third kappa shape index (κ3) is 2.55. The van der Waals surface area contributed by atoms with Gasteiger partial charge in [-0.05, 0) is 30.9 Å². The Morgan fingerprint density at radius 2 is 2.00 bits per heavy atom. The van der Waals surface area contributed by atoms with E-state index in [1.54, 1.807) is 0 Å². The summed E-state index contributed by atoms with van der Waals surface area (Å²) in [6, 6.07) is 8.03. The summed E-state index contributed by atoms with van der Waals surface area (Å²) < 4.78 is 0. The summed E-state index contributed by atoms with van der Waals surface area (Å²) in [6.45, 7) is 4.64. The van der Waals surface area contributed by atoms with Crippen LogP contribution >= 0.6 is 0 Å². The Balaban J connectivity index is 1.77. The van der Waals surface area contributed by atoms with E-state index in [9.17, 15) is 9.59 Å². The van der Waals surface area contributed by atoms with Gasteiger partial charge in [0.05, 0.1) is 0 Å². The van der Waals surface area contributed by atoms with Crippen LogP contribution in [0.3, 0.4) is 0 Å². The zero-order valence-corrected chi connectivity index (χ0v) is 12.6. The standard InChI is InChI=1S/C17H22N2O2/c1-3-15-17(21)19(11(2)8-16(20)18-15)10-13-9-12-6-4-5-7-14(12)13/h4-7,11,13,15H,3,8-10H2,1-2H3,(H,18,20). The van der Waals surface area contributed by atoms with Gasteiger partial charge >= 0.3 is 0 Å². The van der Waals surface area contributed by atoms with Crippen molar-refractivity contribution in [2.75, 3.05) is 6.54 Å². The molecule has 3 rings (SSSR count). The van der Waals surface area contributed by atoms with Crippen LogP contribution in [-0.4, -0.2) is 35.3 Å². The van der Waals surface area contributed by atoms with Gasteiger partial charge in [0, 0.05) is 24.9 Å². The van der Waals surface area contributed by atoms with Crippen LogP contribution in [0.25, 0.3) is 0 Å². The normalized spacial score (nSPS) is 28.5. The minimum absolute atomic E-state index is 0.0146. The summed E-state index contributed by atoms with van der Waals surface area (Å²) in [6.07, 6.45) is 2.08. The van der Waals surface area contributed by atoms with E-state index in [0.717, 1.165) is 13.0 Å². The molecule has 112 valence electrons. The van der Waals surface area contributed by atoms with Gasteiger partial charge in [0.1, 0.15) is 6.04 Å². The number of hydrogen-bond acceptors (Lipinski definition) is 2. The number of nitrogens with one attached hydrogen (secondary N) is 1. The molecule has 4 heteroatoms. The molecule has 0 saturated carbocycles. The molecule has 3 atom stereocenters. The lowest BCUT2D eigenvalue weighted by Gasteiger charge is -2.37. The van der Waals surface area contributed by atoms with Crippen LogP contribution in [0, 0.1) is 0 Å². The number of nitrogens with zero attached hydrogens (tertiary/aromatic N) is 1. The summed E-state index contributed by atoms with van der Waals surface area (Å²) in [5.41, 5.74) is 2.74. The first-order valence-electron chi connectivity index (χ1n) is 7.77. The van der Waals surface area contributed by atoms with E-state index in [1.807, 2.05) is 18.7 Å². The number of fused-ring (bicyclic) bond motifs is 1. The van der Waals surface area contributed by atoms with E-state index in [-0.39, 0.29) is 23.9 Å². The molecule has 0 spiro atoms. The third-order valence-corrected chi connectivity index (χ3v) is 4.72. The Hall–Kier alpha value is -1.84. The minimum atomic E-state index is -0.363. The van der Waals surface area contributed by atoms with Crippen LogP contribution in [-0.2, 0) is 16.0 Å². The van der Waals surface area contributed by atoms with Crippen LogP contribution in [0.15, 0.2) is 24.3 Å². The van der Waals surface area contributed by atoms with E-state index in [4.69, 9.17) is 0 Å². The first kappa shape index (κ1) is 14.1. The molecule has 1 aromatic carbocycles. The summed E-state index contributed by atoms with van der Waals surface area (Å²) in [4.78, 5) is 26.4. The smallest absolute Gasteiger partial charge is 0.245 e. The van der Waals surface area contributed by atoms with Gasteiger partial charge in [0.15, 0.2) is 0 Å². The summed E-state index contributed by atoms with van der Waals surface area (Å²) >= 11 is 0. The molecule has 1 saturated heterocycles. The van der Waals surface area contributed by atoms with Crippen LogP contribution in [0.1, 0.15) is 43.7 Å². The van der Waals surface area contributed by atoms with E-state index >= 15 is 0 Å². The first-order chi connectivity index (χ1) is 10.1. The van der Waals surface area contributed by atoms with Gasteiger partial charge in [-0.15, -0.1) is 0 Å². The maximum absolute atomic E-state index is 12.6. The molecule has 0 radical (unpaired) electrons. The van der Waals surface area contributed by atoms with Gasteiger partial charge in [-0.1, -0.05) is 31.2 Å². The molecule has 21 heavy (non-hydrogen) atoms. The molecule has 1 fully saturated rings. The van der Waals surface area contributed by atoms with Crippen molar-refractivity contribution in [3.8, 4) is 0 Å². The second-order valence-electron chi connectivity index (χ2n) is 6.17. The zero-order chi connectivity index (χ0) is 15.0. The number of hydrogen-bond donors (Lipinski definition) is 1. The minimum Gasteiger partial charge on any atom is -0.344 e. The molecular formula is C17H22N2O2. The fourth-order valence-corrected chi connectivity index (χ4v) is 3.42. The average molecular weight is 286 g/mol. The fraction of sp³-hybridized carbons (Fsp3) is 0.529. The summed E-state index contributed by atoms with van der Waals surface area (Å²) in [7, 11) is 0. The molecule has 1 heterocycles. The largest absolute Gasteiger partial charge is 0.344 e. The highest BCUT2D eigenvalue weighted by atomic mass is 16.2.